The lowest BCUT2D eigenvalue weighted by Gasteiger charge is -2.29. The fourth-order valence-electron chi connectivity index (χ4n) is 1.59. The first kappa shape index (κ1) is 10.3. The molecule has 0 saturated carbocycles. The van der Waals surface area contributed by atoms with E-state index in [-0.39, 0.29) is 6.10 Å². The number of hydrogen-bond donors (Lipinski definition) is 2. The Kier molecular flexibility index (Phi) is 4.99. The van der Waals surface area contributed by atoms with E-state index in [1.54, 1.807) is 0 Å². The van der Waals surface area contributed by atoms with Gasteiger partial charge in [-0.3, -0.25) is 0 Å². The zero-order valence-corrected chi connectivity index (χ0v) is 8.17. The number of likely N-dealkylation sites (tertiary alicyclic amines) is 1. The molecular weight excluding hydrogens is 174 g/mol. The second-order valence-electron chi connectivity index (χ2n) is 3.28. The Morgan fingerprint density at radius 1 is 1.58 bits per heavy atom. The highest BCUT2D eigenvalue weighted by atomic mass is 32.1. The van der Waals surface area contributed by atoms with Crippen molar-refractivity contribution >= 4 is 12.9 Å². The lowest BCUT2D eigenvalue weighted by molar-refractivity contribution is 0.0684. The van der Waals surface area contributed by atoms with E-state index in [0.717, 1.165) is 38.9 Å². The molecule has 1 heterocycles. The fourth-order valence-corrected chi connectivity index (χ4v) is 1.72. The topological polar surface area (TPSA) is 32.7 Å². The van der Waals surface area contributed by atoms with Crippen molar-refractivity contribution in [3.8, 4) is 0 Å². The minimum absolute atomic E-state index is 0.115. The SMILES string of the molecule is O[C@@H]1CCCN(CCCOS)C1. The summed E-state index contributed by atoms with van der Waals surface area (Å²) in [5, 5.41) is 9.35. The summed E-state index contributed by atoms with van der Waals surface area (Å²) in [6, 6.07) is 0. The van der Waals surface area contributed by atoms with Crippen LogP contribution in [0.15, 0.2) is 0 Å². The minimum Gasteiger partial charge on any atom is -0.392 e. The molecule has 0 spiro atoms. The summed E-state index contributed by atoms with van der Waals surface area (Å²) < 4.78 is 4.66. The van der Waals surface area contributed by atoms with Gasteiger partial charge in [0.25, 0.3) is 0 Å². The van der Waals surface area contributed by atoms with Gasteiger partial charge < -0.3 is 14.2 Å². The van der Waals surface area contributed by atoms with Gasteiger partial charge in [-0.1, -0.05) is 0 Å². The Morgan fingerprint density at radius 3 is 3.08 bits per heavy atom. The molecule has 0 aromatic heterocycles. The van der Waals surface area contributed by atoms with E-state index >= 15 is 0 Å². The minimum atomic E-state index is -0.115. The van der Waals surface area contributed by atoms with Crippen LogP contribution < -0.4 is 0 Å². The maximum atomic E-state index is 9.35. The molecule has 4 heteroatoms. The molecule has 3 nitrogen and oxygen atoms in total. The molecule has 0 aliphatic carbocycles. The molecule has 0 amide bonds. The molecule has 0 radical (unpaired) electrons. The van der Waals surface area contributed by atoms with Gasteiger partial charge in [-0.05, 0) is 38.7 Å². The standard InChI is InChI=1S/C8H17NO2S/c10-8-3-1-4-9(7-8)5-2-6-11-12/h8,10,12H,1-7H2/t8-/m1/s1. The van der Waals surface area contributed by atoms with Crippen molar-refractivity contribution in [2.75, 3.05) is 26.2 Å². The van der Waals surface area contributed by atoms with Crippen LogP contribution in [0.5, 0.6) is 0 Å². The number of hydrogen-bond acceptors (Lipinski definition) is 4. The van der Waals surface area contributed by atoms with Crippen LogP contribution in [0.4, 0.5) is 0 Å². The van der Waals surface area contributed by atoms with Gasteiger partial charge in [0, 0.05) is 13.1 Å². The monoisotopic (exact) mass is 191 g/mol. The smallest absolute Gasteiger partial charge is 0.0667 e. The van der Waals surface area contributed by atoms with E-state index in [0.29, 0.717) is 6.61 Å². The first-order valence-electron chi connectivity index (χ1n) is 4.49. The second-order valence-corrected chi connectivity index (χ2v) is 3.54. The van der Waals surface area contributed by atoms with Gasteiger partial charge in [0.1, 0.15) is 0 Å². The Hall–Kier alpha value is 0.230. The maximum absolute atomic E-state index is 9.35. The van der Waals surface area contributed by atoms with Crippen molar-refractivity contribution < 1.29 is 9.29 Å². The molecule has 1 saturated heterocycles. The average molecular weight is 191 g/mol. The summed E-state index contributed by atoms with van der Waals surface area (Å²) >= 11 is 3.67. The van der Waals surface area contributed by atoms with Gasteiger partial charge in [0.2, 0.25) is 0 Å². The van der Waals surface area contributed by atoms with Crippen molar-refractivity contribution in [2.45, 2.75) is 25.4 Å². The Morgan fingerprint density at radius 2 is 2.42 bits per heavy atom. The third-order valence-corrected chi connectivity index (χ3v) is 2.37. The highest BCUT2D eigenvalue weighted by molar-refractivity contribution is 7.75. The normalized spacial score (nSPS) is 26.0. The van der Waals surface area contributed by atoms with Crippen LogP contribution in [0.1, 0.15) is 19.3 Å². The quantitative estimate of drug-likeness (QED) is 0.390. The van der Waals surface area contributed by atoms with E-state index in [2.05, 4.69) is 22.0 Å². The molecule has 1 aliphatic heterocycles. The van der Waals surface area contributed by atoms with Crippen molar-refractivity contribution in [2.24, 2.45) is 0 Å². The Bertz CT molecular complexity index is 124. The molecule has 1 aliphatic rings. The molecule has 12 heavy (non-hydrogen) atoms. The predicted octanol–water partition coefficient (Wildman–Crippen LogP) is 0.695. The van der Waals surface area contributed by atoms with Crippen molar-refractivity contribution in [1.82, 2.24) is 4.90 Å². The van der Waals surface area contributed by atoms with Gasteiger partial charge >= 0.3 is 0 Å². The summed E-state index contributed by atoms with van der Waals surface area (Å²) in [4.78, 5) is 2.28. The number of piperidine rings is 1. The molecule has 0 bridgehead atoms. The van der Waals surface area contributed by atoms with E-state index in [4.69, 9.17) is 0 Å². The van der Waals surface area contributed by atoms with Gasteiger partial charge in [-0.2, -0.15) is 0 Å². The third-order valence-electron chi connectivity index (χ3n) is 2.19. The van der Waals surface area contributed by atoms with E-state index < -0.39 is 0 Å². The molecule has 1 N–H and O–H groups in total. The lowest BCUT2D eigenvalue weighted by atomic mass is 10.1. The fraction of sp³-hybridized carbons (Fsp3) is 1.00. The highest BCUT2D eigenvalue weighted by Crippen LogP contribution is 2.09. The number of rotatable bonds is 4. The first-order valence-corrected chi connectivity index (χ1v) is 4.86. The molecule has 1 rings (SSSR count). The van der Waals surface area contributed by atoms with Gasteiger partial charge in [0.15, 0.2) is 0 Å². The van der Waals surface area contributed by atoms with Crippen LogP contribution in [-0.4, -0.2) is 42.4 Å². The summed E-state index contributed by atoms with van der Waals surface area (Å²) in [6.45, 7) is 3.64. The summed E-state index contributed by atoms with van der Waals surface area (Å²) in [6.07, 6.45) is 2.95. The molecule has 0 aromatic carbocycles. The zero-order chi connectivity index (χ0) is 8.81. The average Bonchev–Trinajstić information content (AvgIpc) is 2.05. The predicted molar refractivity (Wildman–Crippen MR) is 51.2 cm³/mol. The molecule has 72 valence electrons. The molecule has 0 aromatic rings. The van der Waals surface area contributed by atoms with Crippen molar-refractivity contribution in [3.63, 3.8) is 0 Å². The molecular formula is C8H17NO2S. The summed E-state index contributed by atoms with van der Waals surface area (Å²) in [5.41, 5.74) is 0. The van der Waals surface area contributed by atoms with Crippen LogP contribution in [0, 0.1) is 0 Å². The molecule has 0 unspecified atom stereocenters. The first-order chi connectivity index (χ1) is 5.83. The second kappa shape index (κ2) is 5.80. The largest absolute Gasteiger partial charge is 0.392 e. The maximum Gasteiger partial charge on any atom is 0.0667 e. The van der Waals surface area contributed by atoms with Crippen LogP contribution in [0.25, 0.3) is 0 Å². The van der Waals surface area contributed by atoms with Gasteiger partial charge in [-0.25, -0.2) is 0 Å². The van der Waals surface area contributed by atoms with E-state index in [9.17, 15) is 5.11 Å². The zero-order valence-electron chi connectivity index (χ0n) is 7.28. The van der Waals surface area contributed by atoms with Gasteiger partial charge in [0.05, 0.1) is 12.7 Å². The van der Waals surface area contributed by atoms with Crippen molar-refractivity contribution in [3.05, 3.63) is 0 Å². The summed E-state index contributed by atoms with van der Waals surface area (Å²) in [5.74, 6) is 0. The highest BCUT2D eigenvalue weighted by Gasteiger charge is 2.16. The van der Waals surface area contributed by atoms with E-state index in [1.807, 2.05) is 0 Å². The van der Waals surface area contributed by atoms with Crippen molar-refractivity contribution in [1.29, 1.82) is 0 Å². The van der Waals surface area contributed by atoms with Gasteiger partial charge in [-0.15, -0.1) is 0 Å². The summed E-state index contributed by atoms with van der Waals surface area (Å²) in [7, 11) is 0. The number of nitrogens with zero attached hydrogens (tertiary/aromatic N) is 1. The number of aliphatic hydroxyl groups excluding tert-OH is 1. The van der Waals surface area contributed by atoms with E-state index in [1.165, 1.54) is 0 Å². The van der Waals surface area contributed by atoms with Crippen LogP contribution in [-0.2, 0) is 4.18 Å². The number of aliphatic hydroxyl groups is 1. The van der Waals surface area contributed by atoms with Crippen LogP contribution in [0.2, 0.25) is 0 Å². The Labute approximate surface area is 79.3 Å². The molecule has 1 fully saturated rings. The number of β-amino-alcohol motifs (C(OH)–C–C–N with tert-alkyl or cyclic N) is 1. The van der Waals surface area contributed by atoms with Crippen LogP contribution >= 0.6 is 12.9 Å². The molecule has 1 atom stereocenters. The van der Waals surface area contributed by atoms with Crippen LogP contribution in [0.3, 0.4) is 0 Å². The number of thiol groups is 1. The third kappa shape index (κ3) is 3.76. The lowest BCUT2D eigenvalue weighted by Crippen LogP contribution is -2.38. The Balaban J connectivity index is 2.06.